The fraction of sp³-hybridized carbons (Fsp3) is 0.562. The van der Waals surface area contributed by atoms with Crippen LogP contribution in [0.25, 0.3) is 0 Å². The second-order valence-corrected chi connectivity index (χ2v) is 5.54. The highest BCUT2D eigenvalue weighted by Gasteiger charge is 2.37. The molecule has 1 aromatic carbocycles. The van der Waals surface area contributed by atoms with Crippen LogP contribution in [0.4, 0.5) is 0 Å². The Morgan fingerprint density at radius 3 is 2.79 bits per heavy atom. The summed E-state index contributed by atoms with van der Waals surface area (Å²) in [6, 6.07) is 12.1. The van der Waals surface area contributed by atoms with Crippen LogP contribution in [0, 0.1) is 5.92 Å². The first kappa shape index (κ1) is 12.5. The Balaban J connectivity index is 1.81. The second kappa shape index (κ2) is 5.64. The largest absolute Gasteiger partial charge is 0.465 e. The van der Waals surface area contributed by atoms with Crippen molar-refractivity contribution in [3.05, 3.63) is 35.9 Å². The number of nitrogens with zero attached hydrogens (tertiary/aromatic N) is 2. The van der Waals surface area contributed by atoms with E-state index >= 15 is 0 Å². The number of amidine groups is 1. The van der Waals surface area contributed by atoms with Crippen LogP contribution in [-0.4, -0.2) is 30.6 Å². The lowest BCUT2D eigenvalue weighted by Crippen LogP contribution is -2.52. The van der Waals surface area contributed by atoms with Gasteiger partial charge in [-0.05, 0) is 18.4 Å². The molecule has 3 rings (SSSR count). The third-order valence-electron chi connectivity index (χ3n) is 4.33. The molecule has 1 heterocycles. The zero-order valence-electron chi connectivity index (χ0n) is 11.6. The molecule has 2 fully saturated rings. The Hall–Kier alpha value is -1.51. The van der Waals surface area contributed by atoms with Crippen LogP contribution in [0.3, 0.4) is 0 Å². The zero-order chi connectivity index (χ0) is 13.1. The molecular formula is C16H22N2O. The molecular weight excluding hydrogens is 236 g/mol. The number of rotatable bonds is 2. The standard InChI is InChI=1S/C16H22N2O/c1-17-16-18(11-13-7-3-2-4-8-13)15-10-6-5-9-14(15)12-19-16/h2-4,7-8,14-15H,5-6,9-12H2,1H3. The lowest BCUT2D eigenvalue weighted by atomic mass is 9.83. The van der Waals surface area contributed by atoms with Crippen LogP contribution in [0.2, 0.25) is 0 Å². The van der Waals surface area contributed by atoms with Gasteiger partial charge >= 0.3 is 0 Å². The molecule has 2 atom stereocenters. The quantitative estimate of drug-likeness (QED) is 0.814. The van der Waals surface area contributed by atoms with Crippen LogP contribution in [0.5, 0.6) is 0 Å². The average molecular weight is 258 g/mol. The number of ether oxygens (including phenoxy) is 1. The summed E-state index contributed by atoms with van der Waals surface area (Å²) in [5.41, 5.74) is 1.33. The Labute approximate surface area is 115 Å². The topological polar surface area (TPSA) is 24.8 Å². The molecule has 102 valence electrons. The van der Waals surface area contributed by atoms with Crippen molar-refractivity contribution < 1.29 is 4.74 Å². The van der Waals surface area contributed by atoms with Gasteiger partial charge in [0.05, 0.1) is 6.61 Å². The highest BCUT2D eigenvalue weighted by Crippen LogP contribution is 2.33. The number of hydrogen-bond acceptors (Lipinski definition) is 2. The fourth-order valence-electron chi connectivity index (χ4n) is 3.36. The maximum absolute atomic E-state index is 5.86. The van der Waals surface area contributed by atoms with Crippen LogP contribution >= 0.6 is 0 Å². The SMILES string of the molecule is CN=C1OCC2CCCCC2N1Cc1ccccc1. The van der Waals surface area contributed by atoms with Crippen molar-refractivity contribution in [2.45, 2.75) is 38.3 Å². The molecule has 3 nitrogen and oxygen atoms in total. The third-order valence-corrected chi connectivity index (χ3v) is 4.33. The number of benzene rings is 1. The van der Waals surface area contributed by atoms with E-state index in [1.165, 1.54) is 31.2 Å². The Morgan fingerprint density at radius 2 is 2.00 bits per heavy atom. The minimum absolute atomic E-state index is 0.612. The molecule has 1 saturated heterocycles. The van der Waals surface area contributed by atoms with Gasteiger partial charge in [-0.25, -0.2) is 4.99 Å². The summed E-state index contributed by atoms with van der Waals surface area (Å²) >= 11 is 0. The van der Waals surface area contributed by atoms with Crippen molar-refractivity contribution in [1.29, 1.82) is 0 Å². The van der Waals surface area contributed by atoms with Crippen molar-refractivity contribution >= 4 is 6.02 Å². The summed E-state index contributed by atoms with van der Waals surface area (Å²) in [7, 11) is 1.83. The summed E-state index contributed by atoms with van der Waals surface area (Å²) in [5.74, 6) is 0.683. The minimum Gasteiger partial charge on any atom is -0.465 e. The molecule has 1 aliphatic carbocycles. The van der Waals surface area contributed by atoms with Gasteiger partial charge in [0.25, 0.3) is 6.02 Å². The normalized spacial score (nSPS) is 28.9. The summed E-state index contributed by atoms with van der Waals surface area (Å²) in [4.78, 5) is 6.71. The summed E-state index contributed by atoms with van der Waals surface area (Å²) in [5, 5.41) is 0. The summed E-state index contributed by atoms with van der Waals surface area (Å²) in [6.07, 6.45) is 5.26. The molecule has 0 aromatic heterocycles. The Morgan fingerprint density at radius 1 is 1.21 bits per heavy atom. The zero-order valence-corrected chi connectivity index (χ0v) is 11.6. The Bertz CT molecular complexity index is 443. The number of fused-ring (bicyclic) bond motifs is 1. The van der Waals surface area contributed by atoms with Gasteiger partial charge in [-0.3, -0.25) is 0 Å². The van der Waals surface area contributed by atoms with Gasteiger partial charge in [-0.15, -0.1) is 0 Å². The predicted molar refractivity (Wildman–Crippen MR) is 77.0 cm³/mol. The fourth-order valence-corrected chi connectivity index (χ4v) is 3.36. The first-order chi connectivity index (χ1) is 9.38. The van der Waals surface area contributed by atoms with Crippen molar-refractivity contribution in [3.63, 3.8) is 0 Å². The second-order valence-electron chi connectivity index (χ2n) is 5.54. The average Bonchev–Trinajstić information content (AvgIpc) is 2.49. The monoisotopic (exact) mass is 258 g/mol. The van der Waals surface area contributed by atoms with Gasteiger partial charge in [0.15, 0.2) is 0 Å². The van der Waals surface area contributed by atoms with Crippen LogP contribution < -0.4 is 0 Å². The van der Waals surface area contributed by atoms with Crippen LogP contribution in [-0.2, 0) is 11.3 Å². The molecule has 0 radical (unpaired) electrons. The van der Waals surface area contributed by atoms with Gasteiger partial charge in [0, 0.05) is 25.6 Å². The van der Waals surface area contributed by atoms with Gasteiger partial charge < -0.3 is 9.64 Å². The van der Waals surface area contributed by atoms with Gasteiger partial charge in [0.1, 0.15) is 0 Å². The molecule has 0 bridgehead atoms. The number of hydrogen-bond donors (Lipinski definition) is 0. The van der Waals surface area contributed by atoms with Gasteiger partial charge in [-0.2, -0.15) is 0 Å². The van der Waals surface area contributed by atoms with Crippen molar-refractivity contribution in [1.82, 2.24) is 4.90 Å². The molecule has 2 aliphatic rings. The lowest BCUT2D eigenvalue weighted by Gasteiger charge is -2.45. The van der Waals surface area contributed by atoms with E-state index in [1.54, 1.807) is 0 Å². The van der Waals surface area contributed by atoms with Crippen molar-refractivity contribution in [3.8, 4) is 0 Å². The van der Waals surface area contributed by atoms with E-state index in [1.807, 2.05) is 7.05 Å². The van der Waals surface area contributed by atoms with Gasteiger partial charge in [-0.1, -0.05) is 43.2 Å². The maximum atomic E-state index is 5.86. The van der Waals surface area contributed by atoms with E-state index in [9.17, 15) is 0 Å². The smallest absolute Gasteiger partial charge is 0.287 e. The lowest BCUT2D eigenvalue weighted by molar-refractivity contribution is 0.0356. The molecule has 0 amide bonds. The Kier molecular flexibility index (Phi) is 3.72. The van der Waals surface area contributed by atoms with E-state index in [0.29, 0.717) is 12.0 Å². The number of aliphatic imine (C=N–C) groups is 1. The van der Waals surface area contributed by atoms with E-state index in [-0.39, 0.29) is 0 Å². The molecule has 0 spiro atoms. The minimum atomic E-state index is 0.612. The van der Waals surface area contributed by atoms with Crippen molar-refractivity contribution in [2.24, 2.45) is 10.9 Å². The van der Waals surface area contributed by atoms with E-state index in [4.69, 9.17) is 4.74 Å². The molecule has 19 heavy (non-hydrogen) atoms. The molecule has 2 unspecified atom stereocenters. The first-order valence-corrected chi connectivity index (χ1v) is 7.28. The highest BCUT2D eigenvalue weighted by atomic mass is 16.5. The van der Waals surface area contributed by atoms with E-state index in [0.717, 1.165) is 19.2 Å². The highest BCUT2D eigenvalue weighted by molar-refractivity contribution is 5.75. The first-order valence-electron chi connectivity index (χ1n) is 7.28. The molecule has 1 saturated carbocycles. The van der Waals surface area contributed by atoms with E-state index in [2.05, 4.69) is 40.2 Å². The van der Waals surface area contributed by atoms with Gasteiger partial charge in [0.2, 0.25) is 0 Å². The summed E-state index contributed by atoms with van der Waals surface area (Å²) < 4.78 is 5.86. The molecule has 0 N–H and O–H groups in total. The molecule has 3 heteroatoms. The van der Waals surface area contributed by atoms with E-state index < -0.39 is 0 Å². The predicted octanol–water partition coefficient (Wildman–Crippen LogP) is 3.06. The molecule has 1 aromatic rings. The van der Waals surface area contributed by atoms with Crippen LogP contribution in [0.15, 0.2) is 35.3 Å². The maximum Gasteiger partial charge on any atom is 0.287 e. The summed E-state index contributed by atoms with van der Waals surface area (Å²) in [6.45, 7) is 1.76. The van der Waals surface area contributed by atoms with Crippen molar-refractivity contribution in [2.75, 3.05) is 13.7 Å². The molecule has 1 aliphatic heterocycles. The van der Waals surface area contributed by atoms with Crippen LogP contribution in [0.1, 0.15) is 31.2 Å². The third kappa shape index (κ3) is 2.60.